The van der Waals surface area contributed by atoms with Gasteiger partial charge >= 0.3 is 0 Å². The minimum absolute atomic E-state index is 0. The lowest BCUT2D eigenvalue weighted by Crippen LogP contribution is -2.56. The number of rotatable bonds is 7. The van der Waals surface area contributed by atoms with Gasteiger partial charge in [-0.25, -0.2) is 0 Å². The molecular weight excluding hydrogens is 457 g/mol. The summed E-state index contributed by atoms with van der Waals surface area (Å²) >= 11 is 0. The number of guanidine groups is 1. The highest BCUT2D eigenvalue weighted by Crippen LogP contribution is 2.34. The summed E-state index contributed by atoms with van der Waals surface area (Å²) in [6.45, 7) is 7.98. The maximum absolute atomic E-state index is 11.8. The number of aliphatic imine (C=N–C) groups is 1. The zero-order valence-corrected chi connectivity index (χ0v) is 19.6. The van der Waals surface area contributed by atoms with Gasteiger partial charge in [0.2, 0.25) is 5.91 Å². The summed E-state index contributed by atoms with van der Waals surface area (Å²) in [4.78, 5) is 20.9. The van der Waals surface area contributed by atoms with Crippen LogP contribution in [0.1, 0.15) is 45.4 Å². The molecule has 1 saturated heterocycles. The first-order valence-electron chi connectivity index (χ1n) is 10.1. The maximum atomic E-state index is 11.8. The van der Waals surface area contributed by atoms with Crippen molar-refractivity contribution in [3.05, 3.63) is 0 Å². The van der Waals surface area contributed by atoms with Gasteiger partial charge in [-0.1, -0.05) is 19.3 Å². The molecule has 27 heavy (non-hydrogen) atoms. The lowest BCUT2D eigenvalue weighted by Gasteiger charge is -2.47. The van der Waals surface area contributed by atoms with Gasteiger partial charge in [-0.15, -0.1) is 24.0 Å². The molecule has 2 N–H and O–H groups in total. The van der Waals surface area contributed by atoms with Crippen LogP contribution in [0.25, 0.3) is 0 Å². The van der Waals surface area contributed by atoms with Crippen LogP contribution in [-0.4, -0.2) is 87.2 Å². The van der Waals surface area contributed by atoms with Crippen molar-refractivity contribution in [2.75, 3.05) is 60.0 Å². The monoisotopic (exact) mass is 495 g/mol. The maximum Gasteiger partial charge on any atom is 0.223 e. The van der Waals surface area contributed by atoms with E-state index in [1.807, 2.05) is 0 Å². The van der Waals surface area contributed by atoms with Crippen molar-refractivity contribution in [3.8, 4) is 0 Å². The van der Waals surface area contributed by atoms with Gasteiger partial charge in [-0.3, -0.25) is 14.7 Å². The number of hydrogen-bond acceptors (Lipinski definition) is 4. The smallest absolute Gasteiger partial charge is 0.223 e. The van der Waals surface area contributed by atoms with Gasteiger partial charge < -0.3 is 20.3 Å². The van der Waals surface area contributed by atoms with E-state index in [1.54, 1.807) is 19.0 Å². The number of ether oxygens (including phenoxy) is 1. The largest absolute Gasteiger partial charge is 0.379 e. The average Bonchev–Trinajstić information content (AvgIpc) is 2.67. The van der Waals surface area contributed by atoms with Crippen LogP contribution in [0.3, 0.4) is 0 Å². The van der Waals surface area contributed by atoms with E-state index in [-0.39, 0.29) is 35.4 Å². The third-order valence-electron chi connectivity index (χ3n) is 5.47. The van der Waals surface area contributed by atoms with E-state index in [4.69, 9.17) is 9.73 Å². The summed E-state index contributed by atoms with van der Waals surface area (Å²) in [7, 11) is 3.58. The first-order valence-corrected chi connectivity index (χ1v) is 10.1. The highest BCUT2D eigenvalue weighted by Gasteiger charge is 2.38. The Bertz CT molecular complexity index is 461. The predicted molar refractivity (Wildman–Crippen MR) is 121 cm³/mol. The lowest BCUT2D eigenvalue weighted by molar-refractivity contribution is -0.128. The molecule has 2 rings (SSSR count). The minimum Gasteiger partial charge on any atom is -0.379 e. The molecule has 158 valence electrons. The molecule has 0 bridgehead atoms. The molecule has 2 fully saturated rings. The molecule has 0 spiro atoms. The van der Waals surface area contributed by atoms with E-state index in [0.717, 1.165) is 45.4 Å². The number of morpholine rings is 1. The standard InChI is InChI=1S/C19H37N5O2.HI/c1-4-20-18(21-11-8-17(25)23(2)3)22-16-19(9-6-5-7-10-19)24-12-14-26-15-13-24;/h4-16H2,1-3H3,(H2,20,21,22);1H. The molecule has 8 heteroatoms. The Morgan fingerprint density at radius 1 is 1.15 bits per heavy atom. The Hall–Kier alpha value is -0.610. The molecule has 1 aliphatic carbocycles. The third kappa shape index (κ3) is 7.73. The van der Waals surface area contributed by atoms with Crippen molar-refractivity contribution in [1.82, 2.24) is 20.4 Å². The van der Waals surface area contributed by atoms with Gasteiger partial charge in [0, 0.05) is 52.2 Å². The van der Waals surface area contributed by atoms with E-state index in [1.165, 1.54) is 32.1 Å². The number of nitrogens with zero attached hydrogens (tertiary/aromatic N) is 3. The fourth-order valence-corrected chi connectivity index (χ4v) is 3.90. The van der Waals surface area contributed by atoms with Gasteiger partial charge in [-0.2, -0.15) is 0 Å². The van der Waals surface area contributed by atoms with Gasteiger partial charge in [0.1, 0.15) is 0 Å². The number of carbonyl (C=O) groups is 1. The Morgan fingerprint density at radius 3 is 2.41 bits per heavy atom. The number of hydrogen-bond donors (Lipinski definition) is 2. The van der Waals surface area contributed by atoms with Crippen LogP contribution >= 0.6 is 24.0 Å². The van der Waals surface area contributed by atoms with Crippen molar-refractivity contribution >= 4 is 35.8 Å². The lowest BCUT2D eigenvalue weighted by atomic mass is 9.80. The Kier molecular flexibility index (Phi) is 11.6. The third-order valence-corrected chi connectivity index (χ3v) is 5.47. The summed E-state index contributed by atoms with van der Waals surface area (Å²) in [5, 5.41) is 6.63. The Balaban J connectivity index is 0.00000364. The summed E-state index contributed by atoms with van der Waals surface area (Å²) in [5.74, 6) is 0.947. The molecule has 2 aliphatic rings. The summed E-state index contributed by atoms with van der Waals surface area (Å²) in [6.07, 6.45) is 6.82. The first-order chi connectivity index (χ1) is 12.6. The van der Waals surface area contributed by atoms with Crippen LogP contribution in [0.4, 0.5) is 0 Å². The molecule has 1 aliphatic heterocycles. The van der Waals surface area contributed by atoms with Gasteiger partial charge in [0.15, 0.2) is 5.96 Å². The fourth-order valence-electron chi connectivity index (χ4n) is 3.90. The zero-order valence-electron chi connectivity index (χ0n) is 17.3. The molecule has 1 amide bonds. The van der Waals surface area contributed by atoms with Crippen LogP contribution in [0, 0.1) is 0 Å². The quantitative estimate of drug-likeness (QED) is 0.320. The highest BCUT2D eigenvalue weighted by atomic mass is 127. The van der Waals surface area contributed by atoms with Gasteiger partial charge in [-0.05, 0) is 19.8 Å². The molecule has 0 aromatic carbocycles. The van der Waals surface area contributed by atoms with Gasteiger partial charge in [0.25, 0.3) is 0 Å². The second-order valence-corrected chi connectivity index (χ2v) is 7.54. The highest BCUT2D eigenvalue weighted by molar-refractivity contribution is 14.0. The molecule has 0 atom stereocenters. The van der Waals surface area contributed by atoms with E-state index in [9.17, 15) is 4.79 Å². The van der Waals surface area contributed by atoms with E-state index in [2.05, 4.69) is 22.5 Å². The number of carbonyl (C=O) groups excluding carboxylic acids is 1. The first kappa shape index (κ1) is 24.4. The van der Waals surface area contributed by atoms with E-state index < -0.39 is 0 Å². The molecule has 0 radical (unpaired) electrons. The number of amides is 1. The molecule has 1 heterocycles. The second-order valence-electron chi connectivity index (χ2n) is 7.54. The SMILES string of the molecule is CCNC(=NCC1(N2CCOCC2)CCCCC1)NCCC(=O)N(C)C.I. The number of halogens is 1. The minimum atomic E-state index is 0. The molecule has 1 saturated carbocycles. The van der Waals surface area contributed by atoms with Crippen LogP contribution in [0.5, 0.6) is 0 Å². The van der Waals surface area contributed by atoms with Gasteiger partial charge in [0.05, 0.1) is 19.8 Å². The topological polar surface area (TPSA) is 69.2 Å². The summed E-state index contributed by atoms with van der Waals surface area (Å²) in [6, 6.07) is 0. The fraction of sp³-hybridized carbons (Fsp3) is 0.895. The predicted octanol–water partition coefficient (Wildman–Crippen LogP) is 1.67. The molecule has 0 unspecified atom stereocenters. The Morgan fingerprint density at radius 2 is 1.81 bits per heavy atom. The molecular formula is C19H38IN5O2. The van der Waals surface area contributed by atoms with Crippen LogP contribution < -0.4 is 10.6 Å². The Labute approximate surface area is 181 Å². The summed E-state index contributed by atoms with van der Waals surface area (Å²) < 4.78 is 5.56. The van der Waals surface area contributed by atoms with Crippen molar-refractivity contribution in [2.24, 2.45) is 4.99 Å². The van der Waals surface area contributed by atoms with E-state index in [0.29, 0.717) is 13.0 Å². The van der Waals surface area contributed by atoms with Crippen LogP contribution in [0.2, 0.25) is 0 Å². The summed E-state index contributed by atoms with van der Waals surface area (Å²) in [5.41, 5.74) is 0.170. The molecule has 0 aromatic rings. The number of nitrogens with one attached hydrogen (secondary N) is 2. The van der Waals surface area contributed by atoms with Crippen molar-refractivity contribution in [3.63, 3.8) is 0 Å². The average molecular weight is 495 g/mol. The molecule has 7 nitrogen and oxygen atoms in total. The van der Waals surface area contributed by atoms with Crippen LogP contribution in [0.15, 0.2) is 4.99 Å². The normalized spacial score (nSPS) is 20.5. The van der Waals surface area contributed by atoms with Crippen molar-refractivity contribution in [1.29, 1.82) is 0 Å². The van der Waals surface area contributed by atoms with Crippen molar-refractivity contribution in [2.45, 2.75) is 51.0 Å². The molecule has 0 aromatic heterocycles. The van der Waals surface area contributed by atoms with Crippen LogP contribution in [-0.2, 0) is 9.53 Å². The van der Waals surface area contributed by atoms with E-state index >= 15 is 0 Å². The van der Waals surface area contributed by atoms with Crippen molar-refractivity contribution < 1.29 is 9.53 Å². The zero-order chi connectivity index (χ0) is 18.8. The second kappa shape index (κ2) is 12.8.